The van der Waals surface area contributed by atoms with Gasteiger partial charge in [-0.3, -0.25) is 0 Å². The van der Waals surface area contributed by atoms with E-state index >= 15 is 0 Å². The lowest BCUT2D eigenvalue weighted by molar-refractivity contribution is 0.733. The van der Waals surface area contributed by atoms with Crippen molar-refractivity contribution in [2.75, 3.05) is 0 Å². The molecular formula is C28H25PS. The predicted octanol–water partition coefficient (Wildman–Crippen LogP) is 7.97. The molecule has 0 aliphatic carbocycles. The van der Waals surface area contributed by atoms with Gasteiger partial charge in [-0.05, 0) is 49.3 Å². The van der Waals surface area contributed by atoms with E-state index in [1.807, 2.05) is 0 Å². The molecule has 4 aromatic rings. The van der Waals surface area contributed by atoms with Crippen molar-refractivity contribution in [3.63, 3.8) is 0 Å². The quantitative estimate of drug-likeness (QED) is 0.293. The number of hydrogen-bond acceptors (Lipinski definition) is 1. The van der Waals surface area contributed by atoms with Crippen LogP contribution in [0, 0.1) is 0 Å². The van der Waals surface area contributed by atoms with Crippen molar-refractivity contribution in [2.24, 2.45) is 0 Å². The first kappa shape index (κ1) is 19.6. The average molecular weight is 425 g/mol. The van der Waals surface area contributed by atoms with Gasteiger partial charge in [-0.15, -0.1) is 11.8 Å². The van der Waals surface area contributed by atoms with Gasteiger partial charge in [0.05, 0.1) is 4.49 Å². The Morgan fingerprint density at radius 1 is 0.633 bits per heavy atom. The van der Waals surface area contributed by atoms with Crippen LogP contribution in [0.1, 0.15) is 29.6 Å². The van der Waals surface area contributed by atoms with Gasteiger partial charge < -0.3 is 0 Å². The van der Waals surface area contributed by atoms with E-state index in [0.29, 0.717) is 5.66 Å². The van der Waals surface area contributed by atoms with E-state index in [0.717, 1.165) is 0 Å². The van der Waals surface area contributed by atoms with Gasteiger partial charge in [0.1, 0.15) is 0 Å². The fourth-order valence-electron chi connectivity index (χ4n) is 4.63. The number of rotatable bonds is 5. The van der Waals surface area contributed by atoms with Crippen LogP contribution in [0.4, 0.5) is 0 Å². The molecule has 5 rings (SSSR count). The summed E-state index contributed by atoms with van der Waals surface area (Å²) in [5, 5.41) is 1.51. The molecule has 1 fully saturated rings. The molecule has 30 heavy (non-hydrogen) atoms. The monoisotopic (exact) mass is 424 g/mol. The Labute approximate surface area is 185 Å². The highest BCUT2D eigenvalue weighted by Gasteiger charge is 2.51. The molecule has 3 atom stereocenters. The van der Waals surface area contributed by atoms with E-state index in [1.165, 1.54) is 34.2 Å². The Balaban J connectivity index is 1.69. The minimum absolute atomic E-state index is 0.0693. The van der Waals surface area contributed by atoms with Gasteiger partial charge in [0, 0.05) is 10.6 Å². The van der Waals surface area contributed by atoms with Gasteiger partial charge in [-0.2, -0.15) is 0 Å². The molecule has 0 unspecified atom stereocenters. The second-order valence-corrected chi connectivity index (χ2v) is 12.1. The van der Waals surface area contributed by atoms with Crippen molar-refractivity contribution < 1.29 is 0 Å². The van der Waals surface area contributed by atoms with Gasteiger partial charge in [0.2, 0.25) is 0 Å². The third-order valence-corrected chi connectivity index (χ3v) is 11.4. The zero-order valence-electron chi connectivity index (χ0n) is 16.9. The molecule has 0 saturated carbocycles. The molecule has 1 aliphatic heterocycles. The SMILES string of the molecule is c1ccc(S[C@]2(c3ccccc3)CC[C@@H](c3ccccc3)[P@@]2c2ccccc2)cc1. The van der Waals surface area contributed by atoms with Crippen molar-refractivity contribution in [2.45, 2.75) is 27.9 Å². The first-order valence-corrected chi connectivity index (χ1v) is 12.8. The Kier molecular flexibility index (Phi) is 5.75. The summed E-state index contributed by atoms with van der Waals surface area (Å²) in [7, 11) is -0.465. The summed E-state index contributed by atoms with van der Waals surface area (Å²) in [6, 6.07) is 44.7. The molecular weight excluding hydrogens is 399 g/mol. The van der Waals surface area contributed by atoms with Gasteiger partial charge in [-0.25, -0.2) is 0 Å². The fourth-order valence-corrected chi connectivity index (χ4v) is 10.6. The second-order valence-electron chi connectivity index (χ2n) is 7.74. The van der Waals surface area contributed by atoms with Crippen molar-refractivity contribution in [1.29, 1.82) is 0 Å². The van der Waals surface area contributed by atoms with Crippen LogP contribution in [0.3, 0.4) is 0 Å². The smallest absolute Gasteiger partial charge is 0.0697 e. The summed E-state index contributed by atoms with van der Waals surface area (Å²) in [5.41, 5.74) is 3.52. The number of benzene rings is 4. The molecule has 4 aromatic carbocycles. The van der Waals surface area contributed by atoms with Crippen molar-refractivity contribution in [3.05, 3.63) is 132 Å². The summed E-state index contributed by atoms with van der Waals surface area (Å²) >= 11 is 2.08. The van der Waals surface area contributed by atoms with Gasteiger partial charge in [0.15, 0.2) is 0 Å². The number of thioether (sulfide) groups is 1. The lowest BCUT2D eigenvalue weighted by Crippen LogP contribution is -2.21. The minimum atomic E-state index is -0.465. The Hall–Kier alpha value is -2.34. The molecule has 0 bridgehead atoms. The highest BCUT2D eigenvalue weighted by atomic mass is 32.2. The lowest BCUT2D eigenvalue weighted by atomic mass is 10.0. The largest absolute Gasteiger partial charge is 0.109 e. The first-order chi connectivity index (χ1) is 14.9. The summed E-state index contributed by atoms with van der Waals surface area (Å²) in [4.78, 5) is 1.36. The highest BCUT2D eigenvalue weighted by Crippen LogP contribution is 2.77. The van der Waals surface area contributed by atoms with Gasteiger partial charge in [0.25, 0.3) is 0 Å². The normalized spacial score (nSPS) is 23.3. The van der Waals surface area contributed by atoms with E-state index in [9.17, 15) is 0 Å². The molecule has 0 N–H and O–H groups in total. The lowest BCUT2D eigenvalue weighted by Gasteiger charge is -2.38. The summed E-state index contributed by atoms with van der Waals surface area (Å²) in [6.45, 7) is 0. The van der Waals surface area contributed by atoms with E-state index in [1.54, 1.807) is 0 Å². The molecule has 2 heteroatoms. The highest BCUT2D eigenvalue weighted by molar-refractivity contribution is 8.07. The van der Waals surface area contributed by atoms with Crippen molar-refractivity contribution >= 4 is 25.0 Å². The Morgan fingerprint density at radius 2 is 1.17 bits per heavy atom. The second kappa shape index (κ2) is 8.80. The predicted molar refractivity (Wildman–Crippen MR) is 132 cm³/mol. The number of hydrogen-bond donors (Lipinski definition) is 0. The standard InChI is InChI=1S/C28H25PS/c1-5-13-23(14-6-1)27-21-22-28(24-15-7-2-8-16-24,30-26-19-11-4-12-20-26)29(27)25-17-9-3-10-18-25/h1-20,27H,21-22H2/t27-,28-,29+/m0/s1. The minimum Gasteiger partial charge on any atom is -0.109 e. The molecule has 0 radical (unpaired) electrons. The zero-order valence-corrected chi connectivity index (χ0v) is 18.6. The third-order valence-electron chi connectivity index (χ3n) is 5.93. The maximum absolute atomic E-state index is 2.36. The Bertz CT molecular complexity index is 1070. The van der Waals surface area contributed by atoms with Crippen LogP contribution >= 0.6 is 19.7 Å². The molecule has 1 heterocycles. The van der Waals surface area contributed by atoms with Crippen LogP contribution in [0.15, 0.2) is 126 Å². The molecule has 0 amide bonds. The van der Waals surface area contributed by atoms with Crippen LogP contribution < -0.4 is 5.30 Å². The molecule has 0 spiro atoms. The third kappa shape index (κ3) is 3.73. The van der Waals surface area contributed by atoms with Gasteiger partial charge >= 0.3 is 0 Å². The summed E-state index contributed by atoms with van der Waals surface area (Å²) in [6.07, 6.45) is 2.41. The zero-order chi connectivity index (χ0) is 20.2. The van der Waals surface area contributed by atoms with Crippen LogP contribution in [0.5, 0.6) is 0 Å². The van der Waals surface area contributed by atoms with Crippen LogP contribution in [-0.4, -0.2) is 0 Å². The molecule has 1 saturated heterocycles. The van der Waals surface area contributed by atoms with E-state index in [2.05, 4.69) is 133 Å². The Morgan fingerprint density at radius 3 is 1.80 bits per heavy atom. The maximum atomic E-state index is 2.36. The molecule has 0 aromatic heterocycles. The summed E-state index contributed by atoms with van der Waals surface area (Å²) in [5.74, 6) is 0. The fraction of sp³-hybridized carbons (Fsp3) is 0.143. The van der Waals surface area contributed by atoms with Crippen molar-refractivity contribution in [1.82, 2.24) is 0 Å². The van der Waals surface area contributed by atoms with Crippen LogP contribution in [0.2, 0.25) is 0 Å². The van der Waals surface area contributed by atoms with Crippen molar-refractivity contribution in [3.8, 4) is 0 Å². The van der Waals surface area contributed by atoms with E-state index < -0.39 is 7.92 Å². The van der Waals surface area contributed by atoms with Crippen LogP contribution in [-0.2, 0) is 4.49 Å². The first-order valence-electron chi connectivity index (χ1n) is 10.6. The van der Waals surface area contributed by atoms with Crippen LogP contribution in [0.25, 0.3) is 0 Å². The average Bonchev–Trinajstić information content (AvgIpc) is 3.21. The van der Waals surface area contributed by atoms with Gasteiger partial charge in [-0.1, -0.05) is 109 Å². The summed E-state index contributed by atoms with van der Waals surface area (Å²) < 4.78 is 0.0693. The molecule has 1 aliphatic rings. The van der Waals surface area contributed by atoms with E-state index in [-0.39, 0.29) is 4.49 Å². The molecule has 0 nitrogen and oxygen atoms in total. The molecule has 148 valence electrons. The van der Waals surface area contributed by atoms with E-state index in [4.69, 9.17) is 0 Å². The maximum Gasteiger partial charge on any atom is 0.0697 e. The topological polar surface area (TPSA) is 0 Å².